The molecular formula is C13H11N3OS. The van der Waals surface area contributed by atoms with Crippen molar-refractivity contribution in [3.63, 3.8) is 0 Å². The Balaban J connectivity index is 1.96. The van der Waals surface area contributed by atoms with E-state index >= 15 is 0 Å². The highest BCUT2D eigenvalue weighted by Crippen LogP contribution is 2.17. The minimum Gasteiger partial charge on any atom is -0.300 e. The lowest BCUT2D eigenvalue weighted by Gasteiger charge is -2.06. The van der Waals surface area contributed by atoms with Crippen LogP contribution in [0.25, 0.3) is 10.8 Å². The average Bonchev–Trinajstić information content (AvgIpc) is 2.91. The number of amides is 1. The van der Waals surface area contributed by atoms with E-state index in [9.17, 15) is 4.79 Å². The van der Waals surface area contributed by atoms with Gasteiger partial charge >= 0.3 is 0 Å². The molecule has 0 saturated carbocycles. The SMILES string of the molecule is O=C(NC1=NCCS1)c1nccc2ccccc12. The summed E-state index contributed by atoms with van der Waals surface area (Å²) >= 11 is 1.56. The normalized spacial score (nSPS) is 14.6. The number of aromatic nitrogens is 1. The van der Waals surface area contributed by atoms with E-state index in [1.807, 2.05) is 30.3 Å². The van der Waals surface area contributed by atoms with Crippen LogP contribution in [-0.4, -0.2) is 28.4 Å². The summed E-state index contributed by atoms with van der Waals surface area (Å²) < 4.78 is 0. The Morgan fingerprint density at radius 3 is 3.00 bits per heavy atom. The maximum absolute atomic E-state index is 12.1. The maximum Gasteiger partial charge on any atom is 0.276 e. The van der Waals surface area contributed by atoms with Gasteiger partial charge in [-0.05, 0) is 11.5 Å². The van der Waals surface area contributed by atoms with Gasteiger partial charge in [-0.15, -0.1) is 0 Å². The number of amidine groups is 1. The number of aliphatic imine (C=N–C) groups is 1. The van der Waals surface area contributed by atoms with E-state index in [-0.39, 0.29) is 5.91 Å². The van der Waals surface area contributed by atoms with Crippen molar-refractivity contribution in [3.05, 3.63) is 42.2 Å². The zero-order valence-electron chi connectivity index (χ0n) is 9.59. The molecule has 1 N–H and O–H groups in total. The molecule has 2 heterocycles. The number of hydrogen-bond acceptors (Lipinski definition) is 4. The van der Waals surface area contributed by atoms with Crippen molar-refractivity contribution in [2.24, 2.45) is 4.99 Å². The molecular weight excluding hydrogens is 246 g/mol. The predicted octanol–water partition coefficient (Wildman–Crippen LogP) is 2.07. The number of nitrogens with zero attached hydrogens (tertiary/aromatic N) is 2. The molecule has 1 aromatic carbocycles. The maximum atomic E-state index is 12.1. The Morgan fingerprint density at radius 2 is 2.17 bits per heavy atom. The third kappa shape index (κ3) is 2.09. The molecule has 1 aliphatic rings. The average molecular weight is 257 g/mol. The van der Waals surface area contributed by atoms with Gasteiger partial charge in [-0.3, -0.25) is 20.1 Å². The molecule has 90 valence electrons. The van der Waals surface area contributed by atoms with E-state index in [4.69, 9.17) is 0 Å². The fourth-order valence-electron chi connectivity index (χ4n) is 1.87. The van der Waals surface area contributed by atoms with E-state index < -0.39 is 0 Å². The minimum atomic E-state index is -0.194. The lowest BCUT2D eigenvalue weighted by molar-refractivity contribution is 0.0975. The molecule has 1 amide bonds. The van der Waals surface area contributed by atoms with E-state index in [1.165, 1.54) is 0 Å². The summed E-state index contributed by atoms with van der Waals surface area (Å²) in [4.78, 5) is 20.5. The molecule has 0 spiro atoms. The standard InChI is InChI=1S/C13H11N3OS/c17-12(16-13-15-7-8-18-13)11-10-4-2-1-3-9(10)5-6-14-11/h1-6H,7-8H2,(H,15,16,17). The second kappa shape index (κ2) is 4.78. The first kappa shape index (κ1) is 11.2. The molecule has 2 aromatic rings. The topological polar surface area (TPSA) is 54.4 Å². The van der Waals surface area contributed by atoms with Crippen LogP contribution in [0.1, 0.15) is 10.5 Å². The number of carbonyl (C=O) groups excluding carboxylic acids is 1. The number of rotatable bonds is 1. The summed E-state index contributed by atoms with van der Waals surface area (Å²) in [5.74, 6) is 0.735. The fourth-order valence-corrected chi connectivity index (χ4v) is 2.59. The summed E-state index contributed by atoms with van der Waals surface area (Å²) in [7, 11) is 0. The van der Waals surface area contributed by atoms with Crippen LogP contribution in [0.4, 0.5) is 0 Å². The second-order valence-corrected chi connectivity index (χ2v) is 4.95. The van der Waals surface area contributed by atoms with Gasteiger partial charge in [0.1, 0.15) is 5.69 Å². The first-order valence-corrected chi connectivity index (χ1v) is 6.65. The van der Waals surface area contributed by atoms with Gasteiger partial charge in [-0.1, -0.05) is 36.0 Å². The predicted molar refractivity (Wildman–Crippen MR) is 74.0 cm³/mol. The van der Waals surface area contributed by atoms with E-state index in [2.05, 4.69) is 15.3 Å². The summed E-state index contributed by atoms with van der Waals surface area (Å²) in [6.07, 6.45) is 1.65. The molecule has 0 aliphatic carbocycles. The van der Waals surface area contributed by atoms with Gasteiger partial charge in [0.2, 0.25) is 0 Å². The quantitative estimate of drug-likeness (QED) is 0.851. The largest absolute Gasteiger partial charge is 0.300 e. The third-order valence-corrected chi connectivity index (χ3v) is 3.59. The number of pyridine rings is 1. The summed E-state index contributed by atoms with van der Waals surface area (Å²) in [6, 6.07) is 9.62. The molecule has 0 bridgehead atoms. The van der Waals surface area contributed by atoms with Gasteiger partial charge in [-0.25, -0.2) is 0 Å². The van der Waals surface area contributed by atoms with Crippen LogP contribution < -0.4 is 5.32 Å². The van der Waals surface area contributed by atoms with Crippen LogP contribution in [0.15, 0.2) is 41.5 Å². The molecule has 1 aliphatic heterocycles. The molecule has 5 heteroatoms. The van der Waals surface area contributed by atoms with Crippen LogP contribution in [0.5, 0.6) is 0 Å². The van der Waals surface area contributed by atoms with Crippen LogP contribution in [0, 0.1) is 0 Å². The van der Waals surface area contributed by atoms with E-state index in [1.54, 1.807) is 18.0 Å². The van der Waals surface area contributed by atoms with Gasteiger partial charge in [0.25, 0.3) is 5.91 Å². The van der Waals surface area contributed by atoms with Gasteiger partial charge in [0, 0.05) is 17.3 Å². The lowest BCUT2D eigenvalue weighted by atomic mass is 10.1. The monoisotopic (exact) mass is 257 g/mol. The molecule has 18 heavy (non-hydrogen) atoms. The first-order valence-electron chi connectivity index (χ1n) is 5.67. The van der Waals surface area contributed by atoms with Crippen molar-refractivity contribution >= 4 is 33.6 Å². The molecule has 0 unspecified atom stereocenters. The molecule has 3 rings (SSSR count). The number of fused-ring (bicyclic) bond motifs is 1. The highest BCUT2D eigenvalue weighted by Gasteiger charge is 2.15. The zero-order valence-corrected chi connectivity index (χ0v) is 10.4. The van der Waals surface area contributed by atoms with Crippen LogP contribution in [0.3, 0.4) is 0 Å². The zero-order chi connectivity index (χ0) is 12.4. The van der Waals surface area contributed by atoms with Crippen molar-refractivity contribution in [3.8, 4) is 0 Å². The second-order valence-electron chi connectivity index (χ2n) is 3.87. The number of carbonyl (C=O) groups is 1. The molecule has 0 radical (unpaired) electrons. The van der Waals surface area contributed by atoms with Gasteiger partial charge < -0.3 is 0 Å². The Morgan fingerprint density at radius 1 is 1.28 bits per heavy atom. The Kier molecular flexibility index (Phi) is 2.98. The summed E-state index contributed by atoms with van der Waals surface area (Å²) in [5.41, 5.74) is 0.448. The van der Waals surface area contributed by atoms with E-state index in [0.29, 0.717) is 10.9 Å². The highest BCUT2D eigenvalue weighted by molar-refractivity contribution is 8.14. The summed E-state index contributed by atoms with van der Waals surface area (Å²) in [5, 5.41) is 5.36. The third-order valence-electron chi connectivity index (χ3n) is 2.69. The van der Waals surface area contributed by atoms with Crippen molar-refractivity contribution in [2.75, 3.05) is 12.3 Å². The molecule has 4 nitrogen and oxygen atoms in total. The number of benzene rings is 1. The minimum absolute atomic E-state index is 0.194. The fraction of sp³-hybridized carbons (Fsp3) is 0.154. The Labute approximate surface area is 109 Å². The molecule has 0 atom stereocenters. The van der Waals surface area contributed by atoms with Crippen molar-refractivity contribution < 1.29 is 4.79 Å². The van der Waals surface area contributed by atoms with Crippen LogP contribution in [-0.2, 0) is 0 Å². The first-order chi connectivity index (χ1) is 8.84. The van der Waals surface area contributed by atoms with Crippen LogP contribution in [0.2, 0.25) is 0 Å². The van der Waals surface area contributed by atoms with Crippen molar-refractivity contribution in [2.45, 2.75) is 0 Å². The van der Waals surface area contributed by atoms with Crippen LogP contribution >= 0.6 is 11.8 Å². The molecule has 1 aromatic heterocycles. The number of thioether (sulfide) groups is 1. The smallest absolute Gasteiger partial charge is 0.276 e. The Hall–Kier alpha value is -1.88. The lowest BCUT2D eigenvalue weighted by Crippen LogP contribution is -2.28. The van der Waals surface area contributed by atoms with Gasteiger partial charge in [0.15, 0.2) is 5.17 Å². The molecule has 0 fully saturated rings. The Bertz CT molecular complexity index is 634. The number of nitrogens with one attached hydrogen (secondary N) is 1. The molecule has 0 saturated heterocycles. The number of hydrogen-bond donors (Lipinski definition) is 1. The van der Waals surface area contributed by atoms with E-state index in [0.717, 1.165) is 23.1 Å². The van der Waals surface area contributed by atoms with Gasteiger partial charge in [-0.2, -0.15) is 0 Å². The van der Waals surface area contributed by atoms with Gasteiger partial charge in [0.05, 0.1) is 6.54 Å². The highest BCUT2D eigenvalue weighted by atomic mass is 32.2. The van der Waals surface area contributed by atoms with Crippen molar-refractivity contribution in [1.29, 1.82) is 0 Å². The summed E-state index contributed by atoms with van der Waals surface area (Å²) in [6.45, 7) is 0.767. The van der Waals surface area contributed by atoms with Crippen molar-refractivity contribution in [1.82, 2.24) is 10.3 Å².